The number of amides is 1. The van der Waals surface area contributed by atoms with Crippen LogP contribution < -0.4 is 10.8 Å². The third kappa shape index (κ3) is 11.3. The van der Waals surface area contributed by atoms with Crippen molar-refractivity contribution in [2.24, 2.45) is 0 Å². The van der Waals surface area contributed by atoms with Gasteiger partial charge >= 0.3 is 0 Å². The zero-order valence-electron chi connectivity index (χ0n) is 10.7. The van der Waals surface area contributed by atoms with Crippen molar-refractivity contribution in [1.29, 1.82) is 0 Å². The molecule has 0 unspecified atom stereocenters. The van der Waals surface area contributed by atoms with Gasteiger partial charge in [-0.1, -0.05) is 0 Å². The van der Waals surface area contributed by atoms with E-state index in [-0.39, 0.29) is 17.0 Å². The van der Waals surface area contributed by atoms with Crippen LogP contribution in [0.15, 0.2) is 0 Å². The number of hydrogen-bond acceptors (Lipinski definition) is 3. The fraction of sp³-hybridized carbons (Fsp3) is 0.909. The second-order valence-corrected chi connectivity index (χ2v) is 5.67. The topological polar surface area (TPSA) is 50.4 Å². The van der Waals surface area contributed by atoms with Crippen molar-refractivity contribution in [2.45, 2.75) is 59.1 Å². The van der Waals surface area contributed by atoms with Crippen molar-refractivity contribution in [3.63, 3.8) is 0 Å². The third-order valence-electron chi connectivity index (χ3n) is 1.48. The van der Waals surface area contributed by atoms with Crippen molar-refractivity contribution in [3.05, 3.63) is 0 Å². The number of nitrogens with one attached hydrogen (secondary N) is 2. The Morgan fingerprint density at radius 1 is 1.13 bits per heavy atom. The van der Waals surface area contributed by atoms with Gasteiger partial charge in [-0.15, -0.1) is 0 Å². The van der Waals surface area contributed by atoms with Crippen LogP contribution >= 0.6 is 0 Å². The van der Waals surface area contributed by atoms with Crippen molar-refractivity contribution in [3.8, 4) is 0 Å². The lowest BCUT2D eigenvalue weighted by Crippen LogP contribution is -2.39. The molecular weight excluding hydrogens is 192 g/mol. The Bertz CT molecular complexity index is 202. The normalized spacial score (nSPS) is 12.7. The predicted octanol–water partition coefficient (Wildman–Crippen LogP) is 1.61. The summed E-state index contributed by atoms with van der Waals surface area (Å²) >= 11 is 0. The van der Waals surface area contributed by atoms with Gasteiger partial charge in [-0.05, 0) is 41.5 Å². The zero-order valence-corrected chi connectivity index (χ0v) is 10.7. The van der Waals surface area contributed by atoms with Crippen LogP contribution in [-0.2, 0) is 9.63 Å². The molecule has 0 aliphatic rings. The molecule has 2 N–H and O–H groups in total. The minimum Gasteiger partial charge on any atom is -0.312 e. The summed E-state index contributed by atoms with van der Waals surface area (Å²) in [6, 6.07) is 0. The molecule has 0 aromatic carbocycles. The highest BCUT2D eigenvalue weighted by Gasteiger charge is 2.13. The molecule has 0 fully saturated rings. The second kappa shape index (κ2) is 5.47. The molecule has 0 aliphatic heterocycles. The van der Waals surface area contributed by atoms with Gasteiger partial charge in [0.2, 0.25) is 5.91 Å². The smallest absolute Gasteiger partial charge is 0.244 e. The lowest BCUT2D eigenvalue weighted by atomic mass is 10.1. The molecule has 0 saturated heterocycles. The van der Waals surface area contributed by atoms with Crippen molar-refractivity contribution in [2.75, 3.05) is 6.54 Å². The molecule has 90 valence electrons. The van der Waals surface area contributed by atoms with Crippen LogP contribution in [0, 0.1) is 0 Å². The zero-order chi connectivity index (χ0) is 12.1. The minimum absolute atomic E-state index is 0.0468. The van der Waals surface area contributed by atoms with E-state index in [1.54, 1.807) is 0 Å². The molecule has 0 saturated carbocycles. The largest absolute Gasteiger partial charge is 0.312 e. The van der Waals surface area contributed by atoms with Gasteiger partial charge < -0.3 is 5.32 Å². The van der Waals surface area contributed by atoms with Crippen LogP contribution in [0.5, 0.6) is 0 Å². The van der Waals surface area contributed by atoms with Crippen LogP contribution in [0.4, 0.5) is 0 Å². The lowest BCUT2D eigenvalue weighted by molar-refractivity contribution is -0.145. The summed E-state index contributed by atoms with van der Waals surface area (Å²) in [5, 5.41) is 3.23. The summed E-state index contributed by atoms with van der Waals surface area (Å²) < 4.78 is 0. The van der Waals surface area contributed by atoms with Crippen LogP contribution in [0.2, 0.25) is 0 Å². The van der Waals surface area contributed by atoms with Crippen molar-refractivity contribution >= 4 is 5.91 Å². The molecule has 1 amide bonds. The Morgan fingerprint density at radius 2 is 1.67 bits per heavy atom. The lowest BCUT2D eigenvalue weighted by Gasteiger charge is -2.21. The number of carbonyl (C=O) groups excluding carboxylic acids is 1. The molecule has 4 heteroatoms. The Morgan fingerprint density at radius 3 is 2.07 bits per heavy atom. The van der Waals surface area contributed by atoms with Gasteiger partial charge in [0.05, 0.1) is 5.60 Å². The first-order valence-electron chi connectivity index (χ1n) is 5.32. The summed E-state index contributed by atoms with van der Waals surface area (Å²) in [6.45, 7) is 12.5. The van der Waals surface area contributed by atoms with Crippen molar-refractivity contribution in [1.82, 2.24) is 10.8 Å². The quantitative estimate of drug-likeness (QED) is 0.702. The molecule has 4 nitrogen and oxygen atoms in total. The van der Waals surface area contributed by atoms with Crippen LogP contribution in [0.25, 0.3) is 0 Å². The van der Waals surface area contributed by atoms with Gasteiger partial charge in [-0.3, -0.25) is 9.63 Å². The highest BCUT2D eigenvalue weighted by Crippen LogP contribution is 2.03. The number of hydroxylamine groups is 1. The molecule has 0 rings (SSSR count). The van der Waals surface area contributed by atoms with E-state index in [2.05, 4.69) is 31.6 Å². The summed E-state index contributed by atoms with van der Waals surface area (Å²) in [7, 11) is 0. The first kappa shape index (κ1) is 14.4. The van der Waals surface area contributed by atoms with E-state index >= 15 is 0 Å². The first-order valence-corrected chi connectivity index (χ1v) is 5.32. The highest BCUT2D eigenvalue weighted by molar-refractivity contribution is 5.74. The number of carbonyl (C=O) groups is 1. The summed E-state index contributed by atoms with van der Waals surface area (Å²) in [5.41, 5.74) is 2.14. The van der Waals surface area contributed by atoms with E-state index < -0.39 is 0 Å². The molecule has 0 aromatic heterocycles. The van der Waals surface area contributed by atoms with Gasteiger partial charge in [0.25, 0.3) is 0 Å². The van der Waals surface area contributed by atoms with Gasteiger partial charge in [-0.25, -0.2) is 5.48 Å². The van der Waals surface area contributed by atoms with E-state index in [0.29, 0.717) is 13.0 Å². The first-order chi connectivity index (χ1) is 6.60. The molecule has 0 atom stereocenters. The van der Waals surface area contributed by atoms with E-state index in [0.717, 1.165) is 0 Å². The molecule has 0 aromatic rings. The maximum Gasteiger partial charge on any atom is 0.244 e. The maximum absolute atomic E-state index is 11.3. The van der Waals surface area contributed by atoms with Gasteiger partial charge in [0, 0.05) is 18.5 Å². The fourth-order valence-electron chi connectivity index (χ4n) is 0.812. The second-order valence-electron chi connectivity index (χ2n) is 5.67. The standard InChI is InChI=1S/C11H24N2O2/c1-10(2,3)12-8-7-9(14)13-15-11(4,5)6/h12H,7-8H2,1-6H3,(H,13,14). The van der Waals surface area contributed by atoms with E-state index in [1.807, 2.05) is 20.8 Å². The molecule has 0 radical (unpaired) electrons. The summed E-state index contributed by atoms with van der Waals surface area (Å²) in [4.78, 5) is 16.4. The average Bonchev–Trinajstić information content (AvgIpc) is 1.97. The van der Waals surface area contributed by atoms with Crippen LogP contribution in [0.1, 0.15) is 48.0 Å². The van der Waals surface area contributed by atoms with Gasteiger partial charge in [0.15, 0.2) is 0 Å². The summed E-state index contributed by atoms with van der Waals surface area (Å²) in [5.74, 6) is -0.0957. The Balaban J connectivity index is 3.60. The minimum atomic E-state index is -0.340. The Kier molecular flexibility index (Phi) is 5.24. The monoisotopic (exact) mass is 216 g/mol. The molecule has 0 aliphatic carbocycles. The summed E-state index contributed by atoms with van der Waals surface area (Å²) in [6.07, 6.45) is 0.424. The van der Waals surface area contributed by atoms with Crippen LogP contribution in [0.3, 0.4) is 0 Å². The average molecular weight is 216 g/mol. The fourth-order valence-corrected chi connectivity index (χ4v) is 0.812. The predicted molar refractivity (Wildman–Crippen MR) is 61.4 cm³/mol. The highest BCUT2D eigenvalue weighted by atomic mass is 16.7. The van der Waals surface area contributed by atoms with Crippen LogP contribution in [-0.4, -0.2) is 23.6 Å². The third-order valence-corrected chi connectivity index (χ3v) is 1.48. The molecule has 0 heterocycles. The maximum atomic E-state index is 11.3. The number of rotatable bonds is 4. The van der Waals surface area contributed by atoms with E-state index in [1.165, 1.54) is 0 Å². The van der Waals surface area contributed by atoms with Gasteiger partial charge in [-0.2, -0.15) is 0 Å². The van der Waals surface area contributed by atoms with E-state index in [4.69, 9.17) is 4.84 Å². The number of hydrogen-bond donors (Lipinski definition) is 2. The van der Waals surface area contributed by atoms with E-state index in [9.17, 15) is 4.79 Å². The SMILES string of the molecule is CC(C)(C)NCCC(=O)NOC(C)(C)C. The Labute approximate surface area is 92.7 Å². The molecule has 0 spiro atoms. The molecule has 0 bridgehead atoms. The Hall–Kier alpha value is -0.610. The van der Waals surface area contributed by atoms with Gasteiger partial charge in [0.1, 0.15) is 0 Å². The molecular formula is C11H24N2O2. The van der Waals surface area contributed by atoms with Crippen molar-refractivity contribution < 1.29 is 9.63 Å². The molecule has 15 heavy (non-hydrogen) atoms.